The van der Waals surface area contributed by atoms with Crippen molar-refractivity contribution in [1.29, 1.82) is 0 Å². The Bertz CT molecular complexity index is 511. The van der Waals surface area contributed by atoms with Crippen molar-refractivity contribution in [3.8, 4) is 0 Å². The van der Waals surface area contributed by atoms with Gasteiger partial charge in [0.15, 0.2) is 5.92 Å². The standard InChI is InChI=1S/C13H13NO4/c1-2-13(8-6-4-3-5-7-8)9(11(16)17)10(15)14-12(13)18/h3-7,9H,2H2,1H3,(H,16,17)(H,14,15,18). The van der Waals surface area contributed by atoms with Crippen LogP contribution in [0.2, 0.25) is 0 Å². The normalized spacial score (nSPS) is 27.1. The van der Waals surface area contributed by atoms with Crippen molar-refractivity contribution in [1.82, 2.24) is 5.32 Å². The summed E-state index contributed by atoms with van der Waals surface area (Å²) in [6.07, 6.45) is 0.256. The van der Waals surface area contributed by atoms with E-state index < -0.39 is 29.1 Å². The van der Waals surface area contributed by atoms with Gasteiger partial charge in [-0.25, -0.2) is 0 Å². The van der Waals surface area contributed by atoms with Crippen LogP contribution in [-0.2, 0) is 19.8 Å². The highest BCUT2D eigenvalue weighted by atomic mass is 16.4. The molecule has 18 heavy (non-hydrogen) atoms. The smallest absolute Gasteiger partial charge is 0.317 e. The zero-order valence-corrected chi connectivity index (χ0v) is 9.84. The molecule has 1 aliphatic rings. The first-order valence-corrected chi connectivity index (χ1v) is 5.67. The van der Waals surface area contributed by atoms with Gasteiger partial charge >= 0.3 is 5.97 Å². The minimum absolute atomic E-state index is 0.256. The minimum Gasteiger partial charge on any atom is -0.481 e. The van der Waals surface area contributed by atoms with E-state index >= 15 is 0 Å². The van der Waals surface area contributed by atoms with Crippen LogP contribution in [0.25, 0.3) is 0 Å². The molecule has 0 aromatic heterocycles. The van der Waals surface area contributed by atoms with E-state index in [0.717, 1.165) is 0 Å². The van der Waals surface area contributed by atoms with Crippen LogP contribution in [0.1, 0.15) is 18.9 Å². The van der Waals surface area contributed by atoms with Crippen LogP contribution in [0, 0.1) is 5.92 Å². The minimum atomic E-state index is -1.36. The molecule has 1 saturated heterocycles. The number of imide groups is 1. The topological polar surface area (TPSA) is 83.5 Å². The van der Waals surface area contributed by atoms with Gasteiger partial charge in [-0.05, 0) is 12.0 Å². The Morgan fingerprint density at radius 1 is 1.33 bits per heavy atom. The quantitative estimate of drug-likeness (QED) is 0.608. The van der Waals surface area contributed by atoms with Gasteiger partial charge in [-0.3, -0.25) is 19.7 Å². The largest absolute Gasteiger partial charge is 0.481 e. The maximum atomic E-state index is 12.1. The second-order valence-corrected chi connectivity index (χ2v) is 4.28. The Hall–Kier alpha value is -2.17. The molecule has 1 heterocycles. The zero-order valence-electron chi connectivity index (χ0n) is 9.84. The number of carbonyl (C=O) groups excluding carboxylic acids is 2. The Balaban J connectivity index is 2.63. The number of hydrogen-bond donors (Lipinski definition) is 2. The van der Waals surface area contributed by atoms with Gasteiger partial charge < -0.3 is 5.11 Å². The van der Waals surface area contributed by atoms with Gasteiger partial charge in [0.25, 0.3) is 0 Å². The fourth-order valence-electron chi connectivity index (χ4n) is 2.58. The lowest BCUT2D eigenvalue weighted by Gasteiger charge is -2.28. The summed E-state index contributed by atoms with van der Waals surface area (Å²) in [4.78, 5) is 35.0. The summed E-state index contributed by atoms with van der Waals surface area (Å²) in [6.45, 7) is 1.71. The second-order valence-electron chi connectivity index (χ2n) is 4.28. The molecule has 94 valence electrons. The van der Waals surface area contributed by atoms with E-state index in [9.17, 15) is 19.5 Å². The number of carboxylic acid groups (broad SMARTS) is 1. The SMILES string of the molecule is CCC1(c2ccccc2)C(=O)NC(=O)C1C(=O)O. The highest BCUT2D eigenvalue weighted by Gasteiger charge is 2.58. The molecule has 2 amide bonds. The van der Waals surface area contributed by atoms with Crippen LogP contribution in [-0.4, -0.2) is 22.9 Å². The number of aliphatic carboxylic acids is 1. The Morgan fingerprint density at radius 2 is 1.94 bits per heavy atom. The van der Waals surface area contributed by atoms with Crippen molar-refractivity contribution in [3.63, 3.8) is 0 Å². The van der Waals surface area contributed by atoms with Crippen molar-refractivity contribution >= 4 is 17.8 Å². The lowest BCUT2D eigenvalue weighted by Crippen LogP contribution is -2.42. The highest BCUT2D eigenvalue weighted by molar-refractivity contribution is 6.18. The molecular formula is C13H13NO4. The lowest BCUT2D eigenvalue weighted by atomic mass is 9.70. The molecule has 0 saturated carbocycles. The summed E-state index contributed by atoms with van der Waals surface area (Å²) in [5, 5.41) is 11.3. The van der Waals surface area contributed by atoms with E-state index in [1.807, 2.05) is 0 Å². The fraction of sp³-hybridized carbons (Fsp3) is 0.308. The van der Waals surface area contributed by atoms with Gasteiger partial charge in [0, 0.05) is 0 Å². The van der Waals surface area contributed by atoms with E-state index in [1.54, 1.807) is 37.3 Å². The summed E-state index contributed by atoms with van der Waals surface area (Å²) < 4.78 is 0. The molecule has 0 radical (unpaired) electrons. The van der Waals surface area contributed by atoms with Crippen LogP contribution in [0.3, 0.4) is 0 Å². The molecule has 1 aromatic carbocycles. The Morgan fingerprint density at radius 3 is 2.44 bits per heavy atom. The molecule has 5 heteroatoms. The fourth-order valence-corrected chi connectivity index (χ4v) is 2.58. The lowest BCUT2D eigenvalue weighted by molar-refractivity contribution is -0.148. The first-order valence-electron chi connectivity index (χ1n) is 5.67. The number of carbonyl (C=O) groups is 3. The van der Waals surface area contributed by atoms with E-state index in [2.05, 4.69) is 5.32 Å². The van der Waals surface area contributed by atoms with Gasteiger partial charge in [0.2, 0.25) is 11.8 Å². The zero-order chi connectivity index (χ0) is 13.3. The molecule has 0 spiro atoms. The molecule has 2 rings (SSSR count). The molecule has 2 atom stereocenters. The molecular weight excluding hydrogens is 234 g/mol. The van der Waals surface area contributed by atoms with E-state index in [0.29, 0.717) is 5.56 Å². The average Bonchev–Trinajstić information content (AvgIpc) is 2.61. The van der Waals surface area contributed by atoms with Gasteiger partial charge in [-0.1, -0.05) is 37.3 Å². The number of amides is 2. The van der Waals surface area contributed by atoms with Gasteiger partial charge in [0.1, 0.15) is 0 Å². The molecule has 1 fully saturated rings. The maximum absolute atomic E-state index is 12.1. The van der Waals surface area contributed by atoms with Crippen molar-refractivity contribution in [2.24, 2.45) is 5.92 Å². The molecule has 5 nitrogen and oxygen atoms in total. The molecule has 2 N–H and O–H groups in total. The predicted octanol–water partition coefficient (Wildman–Crippen LogP) is 0.692. The van der Waals surface area contributed by atoms with E-state index in [1.165, 1.54) is 0 Å². The first-order chi connectivity index (χ1) is 8.54. The third kappa shape index (κ3) is 1.51. The average molecular weight is 247 g/mol. The molecule has 0 bridgehead atoms. The molecule has 2 unspecified atom stereocenters. The number of benzene rings is 1. The second kappa shape index (κ2) is 4.25. The molecule has 1 aromatic rings. The summed E-state index contributed by atoms with van der Waals surface area (Å²) in [6, 6.07) is 8.58. The molecule has 1 aliphatic heterocycles. The maximum Gasteiger partial charge on any atom is 0.317 e. The van der Waals surface area contributed by atoms with Crippen molar-refractivity contribution in [2.45, 2.75) is 18.8 Å². The third-order valence-corrected chi connectivity index (χ3v) is 3.49. The summed E-state index contributed by atoms with van der Waals surface area (Å²) in [7, 11) is 0. The van der Waals surface area contributed by atoms with Crippen molar-refractivity contribution in [3.05, 3.63) is 35.9 Å². The number of hydrogen-bond acceptors (Lipinski definition) is 3. The van der Waals surface area contributed by atoms with E-state index in [-0.39, 0.29) is 6.42 Å². The van der Waals surface area contributed by atoms with Crippen LogP contribution in [0.5, 0.6) is 0 Å². The summed E-state index contributed by atoms with van der Waals surface area (Å²) in [5.41, 5.74) is -0.743. The van der Waals surface area contributed by atoms with Gasteiger partial charge in [0.05, 0.1) is 5.41 Å². The Labute approximate surface area is 104 Å². The number of nitrogens with one attached hydrogen (secondary N) is 1. The summed E-state index contributed by atoms with van der Waals surface area (Å²) in [5.74, 6) is -3.91. The third-order valence-electron chi connectivity index (χ3n) is 3.49. The monoisotopic (exact) mass is 247 g/mol. The first kappa shape index (κ1) is 12.3. The van der Waals surface area contributed by atoms with Crippen LogP contribution in [0.4, 0.5) is 0 Å². The highest BCUT2D eigenvalue weighted by Crippen LogP contribution is 2.40. The number of rotatable bonds is 3. The molecule has 0 aliphatic carbocycles. The number of carboxylic acids is 1. The van der Waals surface area contributed by atoms with Crippen LogP contribution < -0.4 is 5.32 Å². The van der Waals surface area contributed by atoms with Gasteiger partial charge in [-0.15, -0.1) is 0 Å². The van der Waals surface area contributed by atoms with Crippen molar-refractivity contribution < 1.29 is 19.5 Å². The van der Waals surface area contributed by atoms with E-state index in [4.69, 9.17) is 0 Å². The Kier molecular flexibility index (Phi) is 2.90. The predicted molar refractivity (Wildman–Crippen MR) is 62.7 cm³/mol. The van der Waals surface area contributed by atoms with Gasteiger partial charge in [-0.2, -0.15) is 0 Å². The van der Waals surface area contributed by atoms with Crippen molar-refractivity contribution in [2.75, 3.05) is 0 Å². The van der Waals surface area contributed by atoms with Crippen LogP contribution in [0.15, 0.2) is 30.3 Å². The van der Waals surface area contributed by atoms with Crippen LogP contribution >= 0.6 is 0 Å². The summed E-state index contributed by atoms with van der Waals surface area (Å²) >= 11 is 0.